The van der Waals surface area contributed by atoms with Crippen molar-refractivity contribution in [2.75, 3.05) is 18.8 Å². The summed E-state index contributed by atoms with van der Waals surface area (Å²) in [5.74, 6) is 0.527. The Hall–Kier alpha value is -1.06. The van der Waals surface area contributed by atoms with Crippen LogP contribution in [0.5, 0.6) is 0 Å². The van der Waals surface area contributed by atoms with E-state index >= 15 is 0 Å². The maximum atomic E-state index is 10.3. The average molecular weight is 232 g/mol. The number of nitrogen functional groups attached to an aromatic ring is 1. The summed E-state index contributed by atoms with van der Waals surface area (Å²) in [5, 5.41) is 10.3. The van der Waals surface area contributed by atoms with Crippen molar-refractivity contribution < 1.29 is 5.11 Å². The smallest absolute Gasteiger partial charge is 0.0727 e. The van der Waals surface area contributed by atoms with Gasteiger partial charge in [-0.05, 0) is 56.0 Å². The van der Waals surface area contributed by atoms with Crippen molar-refractivity contribution in [2.45, 2.75) is 31.4 Å². The lowest BCUT2D eigenvalue weighted by Crippen LogP contribution is -2.58. The Kier molecular flexibility index (Phi) is 2.81. The molecule has 2 atom stereocenters. The van der Waals surface area contributed by atoms with Gasteiger partial charge in [-0.3, -0.25) is 4.90 Å². The minimum absolute atomic E-state index is 0.143. The number of fused-ring (bicyclic) bond motifs is 3. The Labute approximate surface area is 102 Å². The third-order valence-corrected chi connectivity index (χ3v) is 4.34. The molecule has 3 saturated heterocycles. The molecule has 1 aromatic carbocycles. The lowest BCUT2D eigenvalue weighted by Gasteiger charge is -2.49. The monoisotopic (exact) mass is 232 g/mol. The normalized spacial score (nSPS) is 36.1. The molecule has 3 aliphatic heterocycles. The number of aliphatic hydroxyl groups excluding tert-OH is 1. The average Bonchev–Trinajstić information content (AvgIpc) is 2.37. The van der Waals surface area contributed by atoms with E-state index in [1.165, 1.54) is 18.4 Å². The molecule has 2 unspecified atom stereocenters. The fourth-order valence-electron chi connectivity index (χ4n) is 3.27. The largest absolute Gasteiger partial charge is 0.399 e. The molecule has 0 amide bonds. The third-order valence-electron chi connectivity index (χ3n) is 4.34. The number of nitrogens with zero attached hydrogens (tertiary/aromatic N) is 1. The number of hydrogen-bond acceptors (Lipinski definition) is 3. The van der Waals surface area contributed by atoms with Crippen molar-refractivity contribution in [1.29, 1.82) is 0 Å². The first kappa shape index (κ1) is 11.1. The zero-order valence-electron chi connectivity index (χ0n) is 10.0. The molecule has 3 nitrogen and oxygen atoms in total. The molecule has 92 valence electrons. The number of rotatable bonds is 2. The van der Waals surface area contributed by atoms with Crippen LogP contribution in [0.3, 0.4) is 0 Å². The number of benzene rings is 1. The van der Waals surface area contributed by atoms with Gasteiger partial charge in [-0.1, -0.05) is 12.1 Å². The molecule has 0 spiro atoms. The third kappa shape index (κ3) is 2.05. The van der Waals surface area contributed by atoms with Crippen LogP contribution in [-0.2, 0) is 6.42 Å². The second-order valence-corrected chi connectivity index (χ2v) is 5.38. The summed E-state index contributed by atoms with van der Waals surface area (Å²) < 4.78 is 0. The van der Waals surface area contributed by atoms with Gasteiger partial charge >= 0.3 is 0 Å². The van der Waals surface area contributed by atoms with Gasteiger partial charge in [0.25, 0.3) is 0 Å². The van der Waals surface area contributed by atoms with E-state index in [4.69, 9.17) is 5.73 Å². The van der Waals surface area contributed by atoms with Gasteiger partial charge < -0.3 is 10.8 Å². The van der Waals surface area contributed by atoms with Crippen LogP contribution in [0.4, 0.5) is 5.69 Å². The molecule has 2 bridgehead atoms. The molecule has 3 aliphatic rings. The standard InChI is InChI=1S/C14H20N2O/c15-12-3-1-10(2-4-12)9-13-14(17)11-5-7-16(13)8-6-11/h1-4,11,13-14,17H,5-9,15H2. The summed E-state index contributed by atoms with van der Waals surface area (Å²) in [6.45, 7) is 2.31. The summed E-state index contributed by atoms with van der Waals surface area (Å²) in [4.78, 5) is 2.45. The maximum absolute atomic E-state index is 10.3. The highest BCUT2D eigenvalue weighted by Crippen LogP contribution is 2.33. The predicted octanol–water partition coefficient (Wildman–Crippen LogP) is 1.27. The van der Waals surface area contributed by atoms with Gasteiger partial charge in [0.15, 0.2) is 0 Å². The van der Waals surface area contributed by atoms with E-state index in [0.717, 1.165) is 25.2 Å². The van der Waals surface area contributed by atoms with Gasteiger partial charge in [-0.2, -0.15) is 0 Å². The van der Waals surface area contributed by atoms with Gasteiger partial charge in [0, 0.05) is 11.7 Å². The number of anilines is 1. The molecule has 0 saturated carbocycles. The van der Waals surface area contributed by atoms with E-state index in [2.05, 4.69) is 17.0 Å². The van der Waals surface area contributed by atoms with E-state index in [1.807, 2.05) is 12.1 Å². The van der Waals surface area contributed by atoms with Crippen LogP contribution >= 0.6 is 0 Å². The zero-order chi connectivity index (χ0) is 11.8. The van der Waals surface area contributed by atoms with Gasteiger partial charge in [0.05, 0.1) is 6.10 Å². The Balaban J connectivity index is 1.74. The predicted molar refractivity (Wildman–Crippen MR) is 68.7 cm³/mol. The molecule has 1 aromatic rings. The molecular weight excluding hydrogens is 212 g/mol. The number of hydrogen-bond donors (Lipinski definition) is 2. The summed E-state index contributed by atoms with van der Waals surface area (Å²) >= 11 is 0. The van der Waals surface area contributed by atoms with Crippen molar-refractivity contribution in [3.63, 3.8) is 0 Å². The van der Waals surface area contributed by atoms with E-state index in [0.29, 0.717) is 12.0 Å². The quantitative estimate of drug-likeness (QED) is 0.755. The fraction of sp³-hybridized carbons (Fsp3) is 0.571. The summed E-state index contributed by atoms with van der Waals surface area (Å²) in [6.07, 6.45) is 3.13. The van der Waals surface area contributed by atoms with Gasteiger partial charge in [0.2, 0.25) is 0 Å². The molecule has 3 heterocycles. The molecule has 0 aliphatic carbocycles. The maximum Gasteiger partial charge on any atom is 0.0727 e. The van der Waals surface area contributed by atoms with Gasteiger partial charge in [-0.15, -0.1) is 0 Å². The highest BCUT2D eigenvalue weighted by Gasteiger charge is 2.40. The number of aliphatic hydroxyl groups is 1. The molecular formula is C14H20N2O. The van der Waals surface area contributed by atoms with Crippen LogP contribution in [0.1, 0.15) is 18.4 Å². The minimum atomic E-state index is -0.143. The number of nitrogens with two attached hydrogens (primary N) is 1. The topological polar surface area (TPSA) is 49.5 Å². The van der Waals surface area contributed by atoms with E-state index in [1.54, 1.807) is 0 Å². The molecule has 3 N–H and O–H groups in total. The Bertz CT molecular complexity index is 380. The highest BCUT2D eigenvalue weighted by atomic mass is 16.3. The SMILES string of the molecule is Nc1ccc(CC2C(O)C3CCN2CC3)cc1. The summed E-state index contributed by atoms with van der Waals surface area (Å²) in [7, 11) is 0. The molecule has 0 aromatic heterocycles. The van der Waals surface area contributed by atoms with Crippen LogP contribution in [0.2, 0.25) is 0 Å². The van der Waals surface area contributed by atoms with Crippen LogP contribution in [-0.4, -0.2) is 35.2 Å². The molecule has 17 heavy (non-hydrogen) atoms. The van der Waals surface area contributed by atoms with Crippen molar-refractivity contribution in [3.05, 3.63) is 29.8 Å². The first-order chi connectivity index (χ1) is 8.24. The Morgan fingerprint density at radius 2 is 1.82 bits per heavy atom. The Morgan fingerprint density at radius 3 is 2.41 bits per heavy atom. The van der Waals surface area contributed by atoms with Crippen LogP contribution in [0.15, 0.2) is 24.3 Å². The van der Waals surface area contributed by atoms with Crippen LogP contribution < -0.4 is 5.73 Å². The summed E-state index contributed by atoms with van der Waals surface area (Å²) in [5.41, 5.74) is 7.77. The van der Waals surface area contributed by atoms with Crippen molar-refractivity contribution >= 4 is 5.69 Å². The van der Waals surface area contributed by atoms with E-state index in [9.17, 15) is 5.11 Å². The van der Waals surface area contributed by atoms with Crippen molar-refractivity contribution in [1.82, 2.24) is 4.90 Å². The van der Waals surface area contributed by atoms with Crippen LogP contribution in [0.25, 0.3) is 0 Å². The Morgan fingerprint density at radius 1 is 1.18 bits per heavy atom. The highest BCUT2D eigenvalue weighted by molar-refractivity contribution is 5.39. The second-order valence-electron chi connectivity index (χ2n) is 5.38. The zero-order valence-corrected chi connectivity index (χ0v) is 10.0. The van der Waals surface area contributed by atoms with E-state index < -0.39 is 0 Å². The van der Waals surface area contributed by atoms with Crippen molar-refractivity contribution in [3.8, 4) is 0 Å². The van der Waals surface area contributed by atoms with Crippen molar-refractivity contribution in [2.24, 2.45) is 5.92 Å². The lowest BCUT2D eigenvalue weighted by atomic mass is 9.78. The first-order valence-corrected chi connectivity index (χ1v) is 6.50. The second kappa shape index (κ2) is 4.31. The minimum Gasteiger partial charge on any atom is -0.399 e. The molecule has 3 heteroatoms. The first-order valence-electron chi connectivity index (χ1n) is 6.50. The van der Waals surface area contributed by atoms with E-state index in [-0.39, 0.29) is 6.10 Å². The van der Waals surface area contributed by atoms with Gasteiger partial charge in [0.1, 0.15) is 0 Å². The summed E-state index contributed by atoms with van der Waals surface area (Å²) in [6, 6.07) is 8.35. The fourth-order valence-corrected chi connectivity index (χ4v) is 3.27. The molecule has 3 fully saturated rings. The van der Waals surface area contributed by atoms with Gasteiger partial charge in [-0.25, -0.2) is 0 Å². The number of piperidine rings is 3. The lowest BCUT2D eigenvalue weighted by molar-refractivity contribution is -0.0715. The van der Waals surface area contributed by atoms with Crippen LogP contribution in [0, 0.1) is 5.92 Å². The molecule has 0 radical (unpaired) electrons. The molecule has 4 rings (SSSR count).